The van der Waals surface area contributed by atoms with Gasteiger partial charge in [-0.1, -0.05) is 46.0 Å². The lowest BCUT2D eigenvalue weighted by atomic mass is 9.87. The molecule has 2 heteroatoms. The van der Waals surface area contributed by atoms with Crippen LogP contribution in [0.25, 0.3) is 0 Å². The second kappa shape index (κ2) is 10.6. The molecular weight excluding hydrogens is 270 g/mol. The quantitative estimate of drug-likeness (QED) is 0.528. The molecule has 22 heavy (non-hydrogen) atoms. The molecule has 0 N–H and O–H groups in total. The molecule has 0 aromatic heterocycles. The molecule has 1 aliphatic carbocycles. The van der Waals surface area contributed by atoms with Crippen LogP contribution in [0.4, 0.5) is 0 Å². The molecule has 1 saturated carbocycles. The van der Waals surface area contributed by atoms with Gasteiger partial charge in [-0.3, -0.25) is 0 Å². The Morgan fingerprint density at radius 1 is 0.818 bits per heavy atom. The van der Waals surface area contributed by atoms with Crippen LogP contribution in [-0.2, 0) is 4.74 Å². The van der Waals surface area contributed by atoms with E-state index in [1.54, 1.807) is 0 Å². The highest BCUT2D eigenvalue weighted by atomic mass is 16.5. The molecule has 1 heterocycles. The van der Waals surface area contributed by atoms with Crippen molar-refractivity contribution in [2.24, 2.45) is 5.92 Å². The zero-order chi connectivity index (χ0) is 15.6. The number of hydrogen-bond acceptors (Lipinski definition) is 2. The van der Waals surface area contributed by atoms with Crippen molar-refractivity contribution in [1.82, 2.24) is 4.90 Å². The summed E-state index contributed by atoms with van der Waals surface area (Å²) in [6, 6.07) is 0.864. The molecule has 0 radical (unpaired) electrons. The monoisotopic (exact) mass is 309 g/mol. The average Bonchev–Trinajstić information content (AvgIpc) is 2.58. The van der Waals surface area contributed by atoms with Gasteiger partial charge >= 0.3 is 0 Å². The van der Waals surface area contributed by atoms with Crippen molar-refractivity contribution in [2.45, 2.75) is 103 Å². The van der Waals surface area contributed by atoms with E-state index in [0.717, 1.165) is 18.6 Å². The number of rotatable bonds is 9. The Hall–Kier alpha value is -0.0800. The minimum Gasteiger partial charge on any atom is -0.378 e. The highest BCUT2D eigenvalue weighted by Gasteiger charge is 2.28. The molecule has 2 rings (SSSR count). The highest BCUT2D eigenvalue weighted by Crippen LogP contribution is 2.30. The van der Waals surface area contributed by atoms with Crippen LogP contribution in [0.1, 0.15) is 90.9 Å². The van der Waals surface area contributed by atoms with Gasteiger partial charge in [-0.05, 0) is 64.0 Å². The van der Waals surface area contributed by atoms with Crippen molar-refractivity contribution in [1.29, 1.82) is 0 Å². The molecule has 130 valence electrons. The Morgan fingerprint density at radius 2 is 1.50 bits per heavy atom. The molecule has 1 aliphatic heterocycles. The lowest BCUT2D eigenvalue weighted by Crippen LogP contribution is -2.44. The molecule has 0 unspecified atom stereocenters. The lowest BCUT2D eigenvalue weighted by Gasteiger charge is -2.40. The first-order chi connectivity index (χ1) is 10.8. The summed E-state index contributed by atoms with van der Waals surface area (Å²) in [6.07, 6.45) is 17.0. The van der Waals surface area contributed by atoms with Gasteiger partial charge in [-0.2, -0.15) is 0 Å². The van der Waals surface area contributed by atoms with Gasteiger partial charge < -0.3 is 9.64 Å². The number of ether oxygens (including phenoxy) is 1. The molecule has 2 fully saturated rings. The lowest BCUT2D eigenvalue weighted by molar-refractivity contribution is 0.000234. The van der Waals surface area contributed by atoms with E-state index < -0.39 is 0 Å². The molecule has 0 amide bonds. The van der Waals surface area contributed by atoms with Crippen molar-refractivity contribution in [3.63, 3.8) is 0 Å². The van der Waals surface area contributed by atoms with Crippen molar-refractivity contribution in [2.75, 3.05) is 19.7 Å². The van der Waals surface area contributed by atoms with E-state index in [9.17, 15) is 0 Å². The highest BCUT2D eigenvalue weighted by molar-refractivity contribution is 4.83. The summed E-state index contributed by atoms with van der Waals surface area (Å²) < 4.78 is 6.06. The standard InChI is InChI=1S/C20H39NO/c1-3-5-7-17-22-20-11-9-19(10-12-20)21-15-13-18(14-16-21)8-6-4-2/h18-20H,3-17H2,1-2H3. The van der Waals surface area contributed by atoms with E-state index in [1.165, 1.54) is 90.1 Å². The largest absolute Gasteiger partial charge is 0.378 e. The minimum absolute atomic E-state index is 0.565. The minimum atomic E-state index is 0.565. The SMILES string of the molecule is CCCCCOC1CCC(N2CCC(CCCC)CC2)CC1. The van der Waals surface area contributed by atoms with Crippen LogP contribution in [0, 0.1) is 5.92 Å². The second-order valence-electron chi connectivity index (χ2n) is 7.63. The van der Waals surface area contributed by atoms with Crippen LogP contribution < -0.4 is 0 Å². The van der Waals surface area contributed by atoms with Gasteiger partial charge in [0.15, 0.2) is 0 Å². The molecule has 2 nitrogen and oxygen atoms in total. The van der Waals surface area contributed by atoms with Gasteiger partial charge in [0.25, 0.3) is 0 Å². The first-order valence-electron chi connectivity index (χ1n) is 10.2. The first kappa shape index (κ1) is 18.3. The average molecular weight is 310 g/mol. The molecule has 1 saturated heterocycles. The van der Waals surface area contributed by atoms with Gasteiger partial charge in [0.05, 0.1) is 6.10 Å². The summed E-state index contributed by atoms with van der Waals surface area (Å²) in [5.41, 5.74) is 0. The zero-order valence-corrected chi connectivity index (χ0v) is 15.2. The van der Waals surface area contributed by atoms with Crippen LogP contribution in [-0.4, -0.2) is 36.7 Å². The summed E-state index contributed by atoms with van der Waals surface area (Å²) in [5, 5.41) is 0. The predicted octanol–water partition coefficient (Wildman–Crippen LogP) is 5.41. The Bertz CT molecular complexity index is 265. The first-order valence-corrected chi connectivity index (χ1v) is 10.2. The number of likely N-dealkylation sites (tertiary alicyclic amines) is 1. The van der Waals surface area contributed by atoms with Crippen molar-refractivity contribution in [3.05, 3.63) is 0 Å². The second-order valence-corrected chi connectivity index (χ2v) is 7.63. The van der Waals surface area contributed by atoms with Crippen LogP contribution in [0.15, 0.2) is 0 Å². The van der Waals surface area contributed by atoms with Gasteiger partial charge in [0, 0.05) is 12.6 Å². The Kier molecular flexibility index (Phi) is 8.84. The van der Waals surface area contributed by atoms with Crippen molar-refractivity contribution >= 4 is 0 Å². The molecule has 0 atom stereocenters. The third kappa shape index (κ3) is 6.20. The number of piperidine rings is 1. The number of nitrogens with zero attached hydrogens (tertiary/aromatic N) is 1. The van der Waals surface area contributed by atoms with E-state index in [1.807, 2.05) is 0 Å². The summed E-state index contributed by atoms with van der Waals surface area (Å²) >= 11 is 0. The van der Waals surface area contributed by atoms with Gasteiger partial charge in [-0.15, -0.1) is 0 Å². The van der Waals surface area contributed by atoms with E-state index in [0.29, 0.717) is 6.10 Å². The fourth-order valence-electron chi connectivity index (χ4n) is 4.28. The summed E-state index contributed by atoms with van der Waals surface area (Å²) in [6.45, 7) is 8.29. The topological polar surface area (TPSA) is 12.5 Å². The number of hydrogen-bond donors (Lipinski definition) is 0. The Balaban J connectivity index is 1.57. The Labute approximate surface area is 139 Å². The van der Waals surface area contributed by atoms with E-state index in [4.69, 9.17) is 4.74 Å². The Morgan fingerprint density at radius 3 is 2.14 bits per heavy atom. The predicted molar refractivity (Wildman–Crippen MR) is 95.3 cm³/mol. The fourth-order valence-corrected chi connectivity index (χ4v) is 4.28. The zero-order valence-electron chi connectivity index (χ0n) is 15.2. The van der Waals surface area contributed by atoms with Gasteiger partial charge in [0.1, 0.15) is 0 Å². The maximum Gasteiger partial charge on any atom is 0.0576 e. The maximum absolute atomic E-state index is 6.06. The third-order valence-corrected chi connectivity index (χ3v) is 5.88. The molecule has 0 spiro atoms. The smallest absolute Gasteiger partial charge is 0.0576 e. The normalized spacial score (nSPS) is 28.1. The molecular formula is C20H39NO. The van der Waals surface area contributed by atoms with E-state index in [2.05, 4.69) is 18.7 Å². The van der Waals surface area contributed by atoms with E-state index >= 15 is 0 Å². The third-order valence-electron chi connectivity index (χ3n) is 5.88. The molecule has 0 bridgehead atoms. The summed E-state index contributed by atoms with van der Waals surface area (Å²) in [4.78, 5) is 2.80. The van der Waals surface area contributed by atoms with Crippen molar-refractivity contribution < 1.29 is 4.74 Å². The van der Waals surface area contributed by atoms with Crippen LogP contribution in [0.5, 0.6) is 0 Å². The van der Waals surface area contributed by atoms with Gasteiger partial charge in [0.2, 0.25) is 0 Å². The maximum atomic E-state index is 6.06. The van der Waals surface area contributed by atoms with Crippen LogP contribution in [0.2, 0.25) is 0 Å². The fraction of sp³-hybridized carbons (Fsp3) is 1.00. The van der Waals surface area contributed by atoms with E-state index in [-0.39, 0.29) is 0 Å². The van der Waals surface area contributed by atoms with Crippen LogP contribution >= 0.6 is 0 Å². The van der Waals surface area contributed by atoms with Crippen molar-refractivity contribution in [3.8, 4) is 0 Å². The molecule has 0 aromatic carbocycles. The summed E-state index contributed by atoms with van der Waals surface area (Å²) in [5.74, 6) is 1.02. The number of unbranched alkanes of at least 4 members (excludes halogenated alkanes) is 3. The summed E-state index contributed by atoms with van der Waals surface area (Å²) in [7, 11) is 0. The van der Waals surface area contributed by atoms with Crippen LogP contribution in [0.3, 0.4) is 0 Å². The molecule has 0 aromatic rings. The van der Waals surface area contributed by atoms with Gasteiger partial charge in [-0.25, -0.2) is 0 Å². The molecule has 2 aliphatic rings.